The summed E-state index contributed by atoms with van der Waals surface area (Å²) in [6.45, 7) is 3.97. The summed E-state index contributed by atoms with van der Waals surface area (Å²) < 4.78 is 65.1. The maximum absolute atomic E-state index is 14.6. The number of hydrogen-bond acceptors (Lipinski definition) is 8. The highest BCUT2D eigenvalue weighted by Gasteiger charge is 2.24. The highest BCUT2D eigenvalue weighted by molar-refractivity contribution is 7.93. The molecule has 0 unspecified atom stereocenters. The quantitative estimate of drug-likeness (QED) is 0.368. The third-order valence-electron chi connectivity index (χ3n) is 3.89. The van der Waals surface area contributed by atoms with Crippen LogP contribution in [0.2, 0.25) is 5.02 Å². The molecule has 0 saturated carbocycles. The number of nitrogens with zero attached hydrogens (tertiary/aromatic N) is 2. The van der Waals surface area contributed by atoms with Gasteiger partial charge >= 0.3 is 0 Å². The molecule has 0 bridgehead atoms. The number of sulfonamides is 1. The van der Waals surface area contributed by atoms with Crippen molar-refractivity contribution in [2.24, 2.45) is 0 Å². The predicted molar refractivity (Wildman–Crippen MR) is 116 cm³/mol. The molecule has 0 amide bonds. The Hall–Kier alpha value is -2.54. The zero-order valence-electron chi connectivity index (χ0n) is 16.2. The molecule has 0 spiro atoms. The summed E-state index contributed by atoms with van der Waals surface area (Å²) in [7, 11) is -4.41. The zero-order valence-corrected chi connectivity index (χ0v) is 18.5. The molecule has 31 heavy (non-hydrogen) atoms. The molecule has 3 aromatic rings. The fraction of sp³-hybridized carbons (Fsp3) is 0.222. The van der Waals surface area contributed by atoms with Crippen molar-refractivity contribution >= 4 is 44.0 Å². The number of ether oxygens (including phenoxy) is 1. The van der Waals surface area contributed by atoms with Crippen molar-refractivity contribution in [1.29, 1.82) is 0 Å². The standard InChI is InChI=1S/C18H18ClF2N5O3S2/c1-2-22-5-6-23-14-7-11(19)3-4-15(14)29-16-8-13(21)17(9-12(16)20)31(27,28)26-18-24-10-25-30-18/h3-4,7-10,22-23H,2,5-6H2,1H3,(H,24,25,26). The van der Waals surface area contributed by atoms with Gasteiger partial charge in [0.25, 0.3) is 10.0 Å². The second-order valence-electron chi connectivity index (χ2n) is 6.09. The number of rotatable bonds is 10. The number of hydrogen-bond donors (Lipinski definition) is 3. The van der Waals surface area contributed by atoms with Gasteiger partial charge in [0.15, 0.2) is 17.3 Å². The fourth-order valence-corrected chi connectivity index (χ4v) is 4.40. The zero-order chi connectivity index (χ0) is 22.4. The summed E-state index contributed by atoms with van der Waals surface area (Å²) in [4.78, 5) is 2.78. The number of benzene rings is 2. The Morgan fingerprint density at radius 2 is 1.94 bits per heavy atom. The van der Waals surface area contributed by atoms with E-state index in [1.54, 1.807) is 6.07 Å². The van der Waals surface area contributed by atoms with E-state index >= 15 is 0 Å². The molecule has 13 heteroatoms. The Morgan fingerprint density at radius 3 is 2.65 bits per heavy atom. The van der Waals surface area contributed by atoms with Gasteiger partial charge in [-0.25, -0.2) is 22.2 Å². The summed E-state index contributed by atoms with van der Waals surface area (Å²) >= 11 is 6.78. The molecule has 0 saturated heterocycles. The van der Waals surface area contributed by atoms with Gasteiger partial charge in [-0.05, 0) is 24.7 Å². The van der Waals surface area contributed by atoms with Gasteiger partial charge in [0.1, 0.15) is 17.0 Å². The molecular formula is C18H18ClF2N5O3S2. The maximum atomic E-state index is 14.6. The van der Waals surface area contributed by atoms with Crippen LogP contribution in [0.25, 0.3) is 0 Å². The Bertz CT molecular complexity index is 1150. The molecular weight excluding hydrogens is 472 g/mol. The first-order valence-electron chi connectivity index (χ1n) is 9.00. The molecule has 0 aliphatic heterocycles. The topological polar surface area (TPSA) is 105 Å². The number of likely N-dealkylation sites (N-methyl/N-ethyl adjacent to an activating group) is 1. The average Bonchev–Trinajstić information content (AvgIpc) is 3.21. The van der Waals surface area contributed by atoms with Crippen LogP contribution in [-0.2, 0) is 10.0 Å². The highest BCUT2D eigenvalue weighted by atomic mass is 35.5. The number of nitrogens with one attached hydrogen (secondary N) is 3. The maximum Gasteiger partial charge on any atom is 0.266 e. The van der Waals surface area contributed by atoms with E-state index in [0.29, 0.717) is 35.9 Å². The Labute approximate surface area is 186 Å². The minimum absolute atomic E-state index is 0.0745. The Balaban J connectivity index is 1.84. The molecule has 0 atom stereocenters. The van der Waals surface area contributed by atoms with Gasteiger partial charge in [-0.15, -0.1) is 0 Å². The Morgan fingerprint density at radius 1 is 1.13 bits per heavy atom. The van der Waals surface area contributed by atoms with E-state index in [1.807, 2.05) is 11.6 Å². The van der Waals surface area contributed by atoms with E-state index in [4.69, 9.17) is 16.3 Å². The number of aromatic nitrogens is 2. The second-order valence-corrected chi connectivity index (χ2v) is 8.96. The molecule has 8 nitrogen and oxygen atoms in total. The van der Waals surface area contributed by atoms with E-state index in [0.717, 1.165) is 24.4 Å². The van der Waals surface area contributed by atoms with Crippen LogP contribution in [0.5, 0.6) is 11.5 Å². The van der Waals surface area contributed by atoms with Gasteiger partial charge in [0, 0.05) is 41.8 Å². The van der Waals surface area contributed by atoms with Crippen molar-refractivity contribution in [3.8, 4) is 11.5 Å². The van der Waals surface area contributed by atoms with Gasteiger partial charge in [0.05, 0.1) is 5.69 Å². The van der Waals surface area contributed by atoms with E-state index in [1.165, 1.54) is 12.1 Å². The van der Waals surface area contributed by atoms with Crippen molar-refractivity contribution in [2.75, 3.05) is 29.7 Å². The van der Waals surface area contributed by atoms with Gasteiger partial charge < -0.3 is 15.4 Å². The van der Waals surface area contributed by atoms with E-state index in [-0.39, 0.29) is 10.9 Å². The van der Waals surface area contributed by atoms with Crippen LogP contribution < -0.4 is 20.1 Å². The highest BCUT2D eigenvalue weighted by Crippen LogP contribution is 2.35. The van der Waals surface area contributed by atoms with Crippen LogP contribution in [0.15, 0.2) is 41.6 Å². The number of anilines is 2. The van der Waals surface area contributed by atoms with Gasteiger partial charge in [-0.3, -0.25) is 4.72 Å². The van der Waals surface area contributed by atoms with E-state index < -0.39 is 32.3 Å². The lowest BCUT2D eigenvalue weighted by Gasteiger charge is -2.15. The summed E-state index contributed by atoms with van der Waals surface area (Å²) in [6, 6.07) is 5.83. The van der Waals surface area contributed by atoms with Crippen LogP contribution >= 0.6 is 23.1 Å². The Kier molecular flexibility index (Phi) is 7.59. The van der Waals surface area contributed by atoms with E-state index in [2.05, 4.69) is 20.0 Å². The van der Waals surface area contributed by atoms with Crippen molar-refractivity contribution in [3.05, 3.63) is 53.3 Å². The SMILES string of the molecule is CCNCCNc1cc(Cl)ccc1Oc1cc(F)c(S(=O)(=O)Nc2ncns2)cc1F. The first-order valence-corrected chi connectivity index (χ1v) is 11.6. The average molecular weight is 490 g/mol. The molecule has 3 N–H and O–H groups in total. The lowest BCUT2D eigenvalue weighted by molar-refractivity contribution is 0.433. The molecule has 0 aliphatic carbocycles. The predicted octanol–water partition coefficient (Wildman–Crippen LogP) is 4.08. The first kappa shape index (κ1) is 23.1. The summed E-state index contributed by atoms with van der Waals surface area (Å²) in [5.41, 5.74) is 0.472. The summed E-state index contributed by atoms with van der Waals surface area (Å²) in [5.74, 6) is -2.54. The van der Waals surface area contributed by atoms with Crippen molar-refractivity contribution < 1.29 is 21.9 Å². The van der Waals surface area contributed by atoms with E-state index in [9.17, 15) is 17.2 Å². The van der Waals surface area contributed by atoms with Crippen LogP contribution in [0.1, 0.15) is 6.92 Å². The minimum Gasteiger partial charge on any atom is -0.452 e. The van der Waals surface area contributed by atoms with Crippen LogP contribution in [0, 0.1) is 11.6 Å². The fourth-order valence-electron chi connectivity index (χ4n) is 2.49. The third-order valence-corrected chi connectivity index (χ3v) is 6.19. The van der Waals surface area contributed by atoms with Gasteiger partial charge in [-0.1, -0.05) is 18.5 Å². The molecule has 3 rings (SSSR count). The molecule has 0 aliphatic rings. The minimum atomic E-state index is -4.41. The van der Waals surface area contributed by atoms with Crippen LogP contribution in [0.3, 0.4) is 0 Å². The smallest absolute Gasteiger partial charge is 0.266 e. The third kappa shape index (κ3) is 6.00. The molecule has 1 aromatic heterocycles. The van der Waals surface area contributed by atoms with Crippen molar-refractivity contribution in [3.63, 3.8) is 0 Å². The van der Waals surface area contributed by atoms with Crippen LogP contribution in [-0.4, -0.2) is 37.4 Å². The van der Waals surface area contributed by atoms with Crippen LogP contribution in [0.4, 0.5) is 19.6 Å². The number of halogens is 3. The summed E-state index contributed by atoms with van der Waals surface area (Å²) in [6.07, 6.45) is 1.13. The van der Waals surface area contributed by atoms with Crippen molar-refractivity contribution in [2.45, 2.75) is 11.8 Å². The van der Waals surface area contributed by atoms with Crippen molar-refractivity contribution in [1.82, 2.24) is 14.7 Å². The van der Waals surface area contributed by atoms with Gasteiger partial charge in [0.2, 0.25) is 5.13 Å². The molecule has 2 aromatic carbocycles. The van der Waals surface area contributed by atoms with Gasteiger partial charge in [-0.2, -0.15) is 4.37 Å². The second kappa shape index (κ2) is 10.2. The molecule has 0 radical (unpaired) electrons. The normalized spacial score (nSPS) is 11.4. The molecule has 1 heterocycles. The summed E-state index contributed by atoms with van der Waals surface area (Å²) in [5, 5.41) is 6.59. The largest absolute Gasteiger partial charge is 0.452 e. The first-order chi connectivity index (χ1) is 14.8. The monoisotopic (exact) mass is 489 g/mol. The lowest BCUT2D eigenvalue weighted by Crippen LogP contribution is -2.21. The molecule has 0 fully saturated rings. The lowest BCUT2D eigenvalue weighted by atomic mass is 10.2. The molecule has 166 valence electrons.